The maximum atomic E-state index is 13.4. The molecule has 1 aliphatic rings. The monoisotopic (exact) mass is 461 g/mol. The lowest BCUT2D eigenvalue weighted by Crippen LogP contribution is -2.44. The third-order valence-corrected chi connectivity index (χ3v) is 7.91. The van der Waals surface area contributed by atoms with Gasteiger partial charge in [-0.15, -0.1) is 0 Å². The highest BCUT2D eigenvalue weighted by Crippen LogP contribution is 2.30. The van der Waals surface area contributed by atoms with Crippen LogP contribution in [0.25, 0.3) is 12.2 Å². The van der Waals surface area contributed by atoms with Gasteiger partial charge < -0.3 is 14.2 Å². The van der Waals surface area contributed by atoms with E-state index in [1.807, 2.05) is 38.1 Å². The first kappa shape index (κ1) is 24.0. The number of ether oxygens (including phenoxy) is 1. The molecular formula is C23H31N3O5S. The van der Waals surface area contributed by atoms with Crippen LogP contribution in [0.3, 0.4) is 0 Å². The minimum absolute atomic E-state index is 0.0794. The number of piperidine rings is 1. The summed E-state index contributed by atoms with van der Waals surface area (Å²) in [5.74, 6) is 0.902. The summed E-state index contributed by atoms with van der Waals surface area (Å²) in [6, 6.07) is 7.38. The van der Waals surface area contributed by atoms with Gasteiger partial charge in [0.15, 0.2) is 10.7 Å². The summed E-state index contributed by atoms with van der Waals surface area (Å²) >= 11 is 0. The molecule has 0 atom stereocenters. The highest BCUT2D eigenvalue weighted by molar-refractivity contribution is 7.89. The Balaban J connectivity index is 1.76. The Hall–Kier alpha value is -2.65. The Morgan fingerprint density at radius 1 is 1.19 bits per heavy atom. The molecule has 0 radical (unpaired) electrons. The van der Waals surface area contributed by atoms with E-state index in [0.29, 0.717) is 44.7 Å². The van der Waals surface area contributed by atoms with E-state index in [4.69, 9.17) is 9.26 Å². The Morgan fingerprint density at radius 2 is 1.81 bits per heavy atom. The number of hydrogen-bond donors (Lipinski definition) is 0. The molecule has 1 amide bonds. The first-order valence-corrected chi connectivity index (χ1v) is 12.3. The number of nitrogens with zero attached hydrogens (tertiary/aromatic N) is 3. The van der Waals surface area contributed by atoms with Crippen LogP contribution in [0, 0.1) is 12.8 Å². The van der Waals surface area contributed by atoms with Crippen molar-refractivity contribution < 1.29 is 22.5 Å². The van der Waals surface area contributed by atoms with Crippen LogP contribution in [0.5, 0.6) is 5.75 Å². The zero-order chi connectivity index (χ0) is 23.3. The van der Waals surface area contributed by atoms with E-state index in [-0.39, 0.29) is 22.5 Å². The highest BCUT2D eigenvalue weighted by Gasteiger charge is 2.36. The van der Waals surface area contributed by atoms with Gasteiger partial charge in [0, 0.05) is 32.1 Å². The van der Waals surface area contributed by atoms with Gasteiger partial charge in [-0.2, -0.15) is 4.31 Å². The molecule has 174 valence electrons. The lowest BCUT2D eigenvalue weighted by Gasteiger charge is -2.33. The molecule has 2 heterocycles. The standard InChI is InChI=1S/C23H31N3O5S/c1-5-25(6-2)23(27)19-13-15-26(16-14-19)32(28,29)22-17(3)24-31-21(22)12-9-18-7-10-20(30-4)11-8-18/h7-12,19H,5-6,13-16H2,1-4H3. The van der Waals surface area contributed by atoms with Gasteiger partial charge in [-0.3, -0.25) is 4.79 Å². The molecular weight excluding hydrogens is 430 g/mol. The van der Waals surface area contributed by atoms with Crippen LogP contribution in [-0.4, -0.2) is 62.0 Å². The number of amides is 1. The van der Waals surface area contributed by atoms with Crippen LogP contribution < -0.4 is 4.74 Å². The van der Waals surface area contributed by atoms with E-state index in [1.165, 1.54) is 4.31 Å². The first-order valence-electron chi connectivity index (χ1n) is 10.9. The van der Waals surface area contributed by atoms with Crippen LogP contribution in [0.15, 0.2) is 33.7 Å². The molecule has 0 aliphatic carbocycles. The van der Waals surface area contributed by atoms with E-state index >= 15 is 0 Å². The van der Waals surface area contributed by atoms with Gasteiger partial charge in [-0.1, -0.05) is 23.4 Å². The van der Waals surface area contributed by atoms with Gasteiger partial charge in [0.25, 0.3) is 0 Å². The molecule has 9 heteroatoms. The van der Waals surface area contributed by atoms with E-state index in [0.717, 1.165) is 11.3 Å². The Kier molecular flexibility index (Phi) is 7.73. The minimum atomic E-state index is -3.79. The Labute approximate surface area is 189 Å². The molecule has 0 saturated carbocycles. The summed E-state index contributed by atoms with van der Waals surface area (Å²) in [5.41, 5.74) is 1.19. The largest absolute Gasteiger partial charge is 0.497 e. The second-order valence-corrected chi connectivity index (χ2v) is 9.63. The molecule has 0 bridgehead atoms. The lowest BCUT2D eigenvalue weighted by molar-refractivity contribution is -0.136. The predicted octanol–water partition coefficient (Wildman–Crippen LogP) is 3.43. The molecule has 0 unspecified atom stereocenters. The van der Waals surface area contributed by atoms with E-state index in [9.17, 15) is 13.2 Å². The van der Waals surface area contributed by atoms with Crippen molar-refractivity contribution >= 4 is 28.1 Å². The molecule has 2 aromatic rings. The predicted molar refractivity (Wildman–Crippen MR) is 123 cm³/mol. The van der Waals surface area contributed by atoms with Gasteiger partial charge in [0.2, 0.25) is 15.9 Å². The number of carbonyl (C=O) groups excluding carboxylic acids is 1. The Morgan fingerprint density at radius 3 is 2.38 bits per heavy atom. The molecule has 1 aromatic carbocycles. The van der Waals surface area contributed by atoms with E-state index < -0.39 is 10.0 Å². The fraction of sp³-hybridized carbons (Fsp3) is 0.478. The van der Waals surface area contributed by atoms with Crippen LogP contribution >= 0.6 is 0 Å². The van der Waals surface area contributed by atoms with Crippen LogP contribution in [0.1, 0.15) is 43.7 Å². The average Bonchev–Trinajstić information content (AvgIpc) is 3.20. The van der Waals surface area contributed by atoms with Crippen molar-refractivity contribution in [1.29, 1.82) is 0 Å². The second kappa shape index (κ2) is 10.3. The number of carbonyl (C=O) groups is 1. The highest BCUT2D eigenvalue weighted by atomic mass is 32.2. The van der Waals surface area contributed by atoms with Gasteiger partial charge in [-0.05, 0) is 57.4 Å². The number of aromatic nitrogens is 1. The Bertz CT molecular complexity index is 1050. The van der Waals surface area contributed by atoms with Gasteiger partial charge in [0.05, 0.1) is 7.11 Å². The van der Waals surface area contributed by atoms with Crippen molar-refractivity contribution in [1.82, 2.24) is 14.4 Å². The van der Waals surface area contributed by atoms with Crippen LogP contribution in [0.4, 0.5) is 0 Å². The summed E-state index contributed by atoms with van der Waals surface area (Å²) in [4.78, 5) is 14.5. The summed E-state index contributed by atoms with van der Waals surface area (Å²) in [6.07, 6.45) is 4.41. The van der Waals surface area contributed by atoms with Crippen molar-refractivity contribution in [3.05, 3.63) is 41.3 Å². The molecule has 0 N–H and O–H groups in total. The molecule has 32 heavy (non-hydrogen) atoms. The number of benzene rings is 1. The number of methoxy groups -OCH3 is 1. The van der Waals surface area contributed by atoms with E-state index in [1.54, 1.807) is 31.1 Å². The fourth-order valence-electron chi connectivity index (χ4n) is 3.95. The van der Waals surface area contributed by atoms with Crippen molar-refractivity contribution in [2.24, 2.45) is 5.92 Å². The van der Waals surface area contributed by atoms with Crippen molar-refractivity contribution in [2.45, 2.75) is 38.5 Å². The SMILES string of the molecule is CCN(CC)C(=O)C1CCN(S(=O)(=O)c2c(C)noc2C=Cc2ccc(OC)cc2)CC1. The molecule has 0 spiro atoms. The van der Waals surface area contributed by atoms with Crippen molar-refractivity contribution in [3.8, 4) is 5.75 Å². The molecule has 1 fully saturated rings. The van der Waals surface area contributed by atoms with Gasteiger partial charge in [0.1, 0.15) is 11.4 Å². The van der Waals surface area contributed by atoms with E-state index in [2.05, 4.69) is 5.16 Å². The lowest BCUT2D eigenvalue weighted by atomic mass is 9.96. The van der Waals surface area contributed by atoms with Gasteiger partial charge in [-0.25, -0.2) is 8.42 Å². The molecule has 1 aliphatic heterocycles. The smallest absolute Gasteiger partial charge is 0.248 e. The summed E-state index contributed by atoms with van der Waals surface area (Å²) in [6.45, 7) is 7.46. The zero-order valence-electron chi connectivity index (χ0n) is 19.1. The number of hydrogen-bond acceptors (Lipinski definition) is 6. The van der Waals surface area contributed by atoms with Crippen LogP contribution in [0.2, 0.25) is 0 Å². The summed E-state index contributed by atoms with van der Waals surface area (Å²) < 4.78 is 38.7. The van der Waals surface area contributed by atoms with Crippen LogP contribution in [-0.2, 0) is 14.8 Å². The summed E-state index contributed by atoms with van der Waals surface area (Å²) in [7, 11) is -2.20. The maximum Gasteiger partial charge on any atom is 0.248 e. The van der Waals surface area contributed by atoms with Gasteiger partial charge >= 0.3 is 0 Å². The molecule has 1 saturated heterocycles. The maximum absolute atomic E-state index is 13.4. The molecule has 1 aromatic heterocycles. The second-order valence-electron chi connectivity index (χ2n) is 7.76. The first-order chi connectivity index (χ1) is 15.3. The number of rotatable bonds is 8. The summed E-state index contributed by atoms with van der Waals surface area (Å²) in [5, 5.41) is 3.89. The third-order valence-electron chi connectivity index (χ3n) is 5.85. The number of sulfonamides is 1. The van der Waals surface area contributed by atoms with Crippen molar-refractivity contribution in [3.63, 3.8) is 0 Å². The topological polar surface area (TPSA) is 93.0 Å². The fourth-order valence-corrected chi connectivity index (χ4v) is 5.67. The molecule has 3 rings (SSSR count). The van der Waals surface area contributed by atoms with Crippen molar-refractivity contribution in [2.75, 3.05) is 33.3 Å². The number of aryl methyl sites for hydroxylation is 1. The zero-order valence-corrected chi connectivity index (χ0v) is 19.9. The quantitative estimate of drug-likeness (QED) is 0.598. The normalized spacial score (nSPS) is 15.9. The third kappa shape index (κ3) is 5.05. The minimum Gasteiger partial charge on any atom is -0.497 e. The average molecular weight is 462 g/mol. The molecule has 8 nitrogen and oxygen atoms in total.